The molecule has 0 bridgehead atoms. The number of aromatic nitrogens is 2. The van der Waals surface area contributed by atoms with Gasteiger partial charge in [0.1, 0.15) is 0 Å². The first-order valence-electron chi connectivity index (χ1n) is 7.99. The Labute approximate surface area is 151 Å². The Bertz CT molecular complexity index is 851. The molecule has 1 atom stereocenters. The zero-order chi connectivity index (χ0) is 18.0. The van der Waals surface area contributed by atoms with Gasteiger partial charge >= 0.3 is 0 Å². The minimum Gasteiger partial charge on any atom is -0.504 e. The van der Waals surface area contributed by atoms with Crippen LogP contribution in [-0.2, 0) is 16.4 Å². The van der Waals surface area contributed by atoms with Gasteiger partial charge in [-0.05, 0) is 25.5 Å². The lowest BCUT2D eigenvalue weighted by molar-refractivity contribution is 0.195. The SMILES string of the molecule is COc1cccc(CN2CCCC(c3nnsc3S(C)(=O)=O)C2)c1O. The molecule has 1 N–H and O–H groups in total. The Morgan fingerprint density at radius 3 is 2.96 bits per heavy atom. The average Bonchev–Trinajstić information content (AvgIpc) is 3.07. The summed E-state index contributed by atoms with van der Waals surface area (Å²) in [4.78, 5) is 2.20. The lowest BCUT2D eigenvalue weighted by Gasteiger charge is -2.32. The quantitative estimate of drug-likeness (QED) is 0.844. The number of nitrogens with zero attached hydrogens (tertiary/aromatic N) is 3. The molecule has 0 radical (unpaired) electrons. The van der Waals surface area contributed by atoms with Gasteiger partial charge in [-0.3, -0.25) is 4.90 Å². The van der Waals surface area contributed by atoms with Gasteiger partial charge in [-0.25, -0.2) is 8.42 Å². The molecular weight excluding hydrogens is 362 g/mol. The molecular formula is C16H21N3O4S2. The van der Waals surface area contributed by atoms with E-state index in [1.165, 1.54) is 13.4 Å². The van der Waals surface area contributed by atoms with Gasteiger partial charge in [-0.15, -0.1) is 5.10 Å². The predicted octanol–water partition coefficient (Wildman–Crippen LogP) is 2.04. The number of para-hydroxylation sites is 1. The van der Waals surface area contributed by atoms with E-state index in [9.17, 15) is 13.5 Å². The van der Waals surface area contributed by atoms with Crippen molar-refractivity contribution in [3.05, 3.63) is 29.5 Å². The molecule has 2 aromatic rings. The third-order valence-electron chi connectivity index (χ3n) is 4.41. The molecule has 9 heteroatoms. The average molecular weight is 383 g/mol. The molecule has 0 spiro atoms. The summed E-state index contributed by atoms with van der Waals surface area (Å²) < 4.78 is 33.1. The van der Waals surface area contributed by atoms with Gasteiger partial charge in [0.15, 0.2) is 25.5 Å². The highest BCUT2D eigenvalue weighted by Crippen LogP contribution is 2.34. The lowest BCUT2D eigenvalue weighted by Crippen LogP contribution is -2.34. The molecule has 2 heterocycles. The minimum absolute atomic E-state index is 0.0324. The molecule has 0 amide bonds. The monoisotopic (exact) mass is 383 g/mol. The number of likely N-dealkylation sites (tertiary alicyclic amines) is 1. The van der Waals surface area contributed by atoms with Crippen LogP contribution in [0.4, 0.5) is 0 Å². The van der Waals surface area contributed by atoms with Crippen LogP contribution < -0.4 is 4.74 Å². The van der Waals surface area contributed by atoms with Crippen molar-refractivity contribution < 1.29 is 18.3 Å². The molecule has 0 saturated carbocycles. The van der Waals surface area contributed by atoms with Crippen molar-refractivity contribution in [2.24, 2.45) is 0 Å². The van der Waals surface area contributed by atoms with E-state index in [4.69, 9.17) is 4.74 Å². The van der Waals surface area contributed by atoms with Crippen LogP contribution in [0, 0.1) is 0 Å². The zero-order valence-electron chi connectivity index (χ0n) is 14.2. The second-order valence-electron chi connectivity index (χ2n) is 6.26. The molecule has 1 aromatic carbocycles. The molecule has 1 aromatic heterocycles. The van der Waals surface area contributed by atoms with E-state index < -0.39 is 9.84 Å². The van der Waals surface area contributed by atoms with Crippen molar-refractivity contribution >= 4 is 21.4 Å². The number of hydrogen-bond acceptors (Lipinski definition) is 8. The standard InChI is InChI=1S/C16H21N3O4S2/c1-23-13-7-3-5-12(15(13)20)10-19-8-4-6-11(9-19)14-16(24-18-17-14)25(2,21)22/h3,5,7,11,20H,4,6,8-10H2,1-2H3. The number of rotatable bonds is 5. The number of sulfone groups is 1. The molecule has 1 saturated heterocycles. The molecule has 136 valence electrons. The summed E-state index contributed by atoms with van der Waals surface area (Å²) in [7, 11) is -1.79. The van der Waals surface area contributed by atoms with Gasteiger partial charge in [0.2, 0.25) is 0 Å². The number of piperidine rings is 1. The largest absolute Gasteiger partial charge is 0.504 e. The number of phenolic OH excluding ortho intramolecular Hbond substituents is 1. The summed E-state index contributed by atoms with van der Waals surface area (Å²) in [6.45, 7) is 2.15. The maximum Gasteiger partial charge on any atom is 0.188 e. The number of hydrogen-bond donors (Lipinski definition) is 1. The third-order valence-corrected chi connectivity index (χ3v) is 6.96. The second kappa shape index (κ2) is 7.27. The summed E-state index contributed by atoms with van der Waals surface area (Å²) in [6, 6.07) is 5.44. The molecule has 3 rings (SSSR count). The summed E-state index contributed by atoms with van der Waals surface area (Å²) in [5.41, 5.74) is 1.37. The Kier molecular flexibility index (Phi) is 5.26. The summed E-state index contributed by atoms with van der Waals surface area (Å²) in [5.74, 6) is 0.637. The first-order chi connectivity index (χ1) is 11.9. The van der Waals surface area contributed by atoms with Crippen molar-refractivity contribution in [3.63, 3.8) is 0 Å². The Morgan fingerprint density at radius 1 is 1.44 bits per heavy atom. The van der Waals surface area contributed by atoms with E-state index in [0.717, 1.165) is 36.5 Å². The molecule has 0 aliphatic carbocycles. The topological polar surface area (TPSA) is 92.6 Å². The molecule has 1 fully saturated rings. The molecule has 1 unspecified atom stereocenters. The van der Waals surface area contributed by atoms with E-state index in [1.807, 2.05) is 12.1 Å². The number of aromatic hydroxyl groups is 1. The highest BCUT2D eigenvalue weighted by atomic mass is 32.2. The second-order valence-corrected chi connectivity index (χ2v) is 9.23. The van der Waals surface area contributed by atoms with Crippen LogP contribution in [0.5, 0.6) is 11.5 Å². The lowest BCUT2D eigenvalue weighted by atomic mass is 9.95. The summed E-state index contributed by atoms with van der Waals surface area (Å²) in [5, 5.41) is 14.4. The Morgan fingerprint density at radius 2 is 2.24 bits per heavy atom. The fraction of sp³-hybridized carbons (Fsp3) is 0.500. The highest BCUT2D eigenvalue weighted by Gasteiger charge is 2.29. The van der Waals surface area contributed by atoms with E-state index in [-0.39, 0.29) is 15.9 Å². The number of methoxy groups -OCH3 is 1. The molecule has 1 aliphatic heterocycles. The molecule has 25 heavy (non-hydrogen) atoms. The van der Waals surface area contributed by atoms with Crippen molar-refractivity contribution in [1.82, 2.24) is 14.5 Å². The molecule has 7 nitrogen and oxygen atoms in total. The van der Waals surface area contributed by atoms with Gasteiger partial charge in [-0.1, -0.05) is 16.6 Å². The number of phenols is 1. The van der Waals surface area contributed by atoms with E-state index >= 15 is 0 Å². The van der Waals surface area contributed by atoms with Gasteiger partial charge in [0.05, 0.1) is 12.8 Å². The van der Waals surface area contributed by atoms with Crippen LogP contribution in [0.1, 0.15) is 30.0 Å². The summed E-state index contributed by atoms with van der Waals surface area (Å²) >= 11 is 0.939. The molecule has 1 aliphatic rings. The van der Waals surface area contributed by atoms with Crippen LogP contribution in [0.2, 0.25) is 0 Å². The van der Waals surface area contributed by atoms with Crippen molar-refractivity contribution in [3.8, 4) is 11.5 Å². The fourth-order valence-electron chi connectivity index (χ4n) is 3.22. The highest BCUT2D eigenvalue weighted by molar-refractivity contribution is 7.92. The maximum atomic E-state index is 11.9. The predicted molar refractivity (Wildman–Crippen MR) is 94.9 cm³/mol. The minimum atomic E-state index is -3.31. The van der Waals surface area contributed by atoms with Crippen molar-refractivity contribution in [1.29, 1.82) is 0 Å². The maximum absolute atomic E-state index is 11.9. The third kappa shape index (κ3) is 3.94. The van der Waals surface area contributed by atoms with Crippen LogP contribution in [0.15, 0.2) is 22.4 Å². The number of ether oxygens (including phenoxy) is 1. The number of benzene rings is 1. The first-order valence-corrected chi connectivity index (χ1v) is 10.7. The van der Waals surface area contributed by atoms with E-state index in [1.54, 1.807) is 6.07 Å². The first kappa shape index (κ1) is 18.1. The van der Waals surface area contributed by atoms with E-state index in [2.05, 4.69) is 14.5 Å². The van der Waals surface area contributed by atoms with Gasteiger partial charge in [0.25, 0.3) is 0 Å². The smallest absolute Gasteiger partial charge is 0.188 e. The van der Waals surface area contributed by atoms with Crippen LogP contribution in [-0.4, -0.2) is 54.5 Å². The van der Waals surface area contributed by atoms with E-state index in [0.29, 0.717) is 24.5 Å². The Balaban J connectivity index is 1.78. The van der Waals surface area contributed by atoms with Crippen molar-refractivity contribution in [2.75, 3.05) is 26.5 Å². The fourth-order valence-corrected chi connectivity index (χ4v) is 4.95. The normalized spacial score (nSPS) is 19.0. The van der Waals surface area contributed by atoms with Crippen LogP contribution >= 0.6 is 11.5 Å². The summed E-state index contributed by atoms with van der Waals surface area (Å²) in [6.07, 6.45) is 3.02. The Hall–Kier alpha value is -1.71. The van der Waals surface area contributed by atoms with Gasteiger partial charge < -0.3 is 9.84 Å². The van der Waals surface area contributed by atoms with Gasteiger partial charge in [0, 0.05) is 42.4 Å². The van der Waals surface area contributed by atoms with Crippen molar-refractivity contribution in [2.45, 2.75) is 29.5 Å². The van der Waals surface area contributed by atoms with Crippen LogP contribution in [0.3, 0.4) is 0 Å². The van der Waals surface area contributed by atoms with Gasteiger partial charge in [-0.2, -0.15) is 0 Å². The zero-order valence-corrected chi connectivity index (χ0v) is 15.8. The van der Waals surface area contributed by atoms with Crippen LogP contribution in [0.25, 0.3) is 0 Å².